The molecule has 2 unspecified atom stereocenters. The maximum atomic E-state index is 12.5. The summed E-state index contributed by atoms with van der Waals surface area (Å²) in [6, 6.07) is 5.89. The summed E-state index contributed by atoms with van der Waals surface area (Å²) in [6.07, 6.45) is 1.02. The quantitative estimate of drug-likeness (QED) is 0.680. The molecule has 0 bridgehead atoms. The molecule has 1 amide bonds. The third-order valence-corrected chi connectivity index (χ3v) is 5.46. The summed E-state index contributed by atoms with van der Waals surface area (Å²) in [7, 11) is 0. The number of aryl methyl sites for hydroxylation is 1. The third-order valence-electron chi connectivity index (χ3n) is 3.44. The Morgan fingerprint density at radius 2 is 2.17 bits per heavy atom. The van der Waals surface area contributed by atoms with Gasteiger partial charge in [0.15, 0.2) is 0 Å². The Hall–Kier alpha value is -0.350. The molecule has 2 atom stereocenters. The van der Waals surface area contributed by atoms with Gasteiger partial charge >= 0.3 is 0 Å². The summed E-state index contributed by atoms with van der Waals surface area (Å²) < 4.78 is 0.890. The fourth-order valence-electron chi connectivity index (χ4n) is 2.27. The van der Waals surface area contributed by atoms with E-state index in [0.29, 0.717) is 10.7 Å². The number of benzene rings is 1. The number of likely N-dealkylation sites (tertiary alicyclic amines) is 1. The van der Waals surface area contributed by atoms with Gasteiger partial charge in [-0.25, -0.2) is 0 Å². The monoisotopic (exact) mass is 373 g/mol. The number of piperidine rings is 1. The van der Waals surface area contributed by atoms with Crippen LogP contribution in [0.15, 0.2) is 22.7 Å². The number of hydrogen-bond donors (Lipinski definition) is 0. The van der Waals surface area contributed by atoms with E-state index in [4.69, 9.17) is 0 Å². The first-order chi connectivity index (χ1) is 8.49. The lowest BCUT2D eigenvalue weighted by Gasteiger charge is -2.34. The maximum Gasteiger partial charge on any atom is 0.255 e. The van der Waals surface area contributed by atoms with E-state index >= 15 is 0 Å². The largest absolute Gasteiger partial charge is 0.338 e. The van der Waals surface area contributed by atoms with E-state index in [1.807, 2.05) is 30.0 Å². The molecule has 1 aliphatic heterocycles. The number of halogens is 2. The van der Waals surface area contributed by atoms with Gasteiger partial charge in [0.1, 0.15) is 0 Å². The Morgan fingerprint density at radius 3 is 2.78 bits per heavy atom. The molecule has 1 aliphatic rings. The van der Waals surface area contributed by atoms with Gasteiger partial charge in [0.2, 0.25) is 0 Å². The Bertz CT molecular complexity index is 461. The lowest BCUT2D eigenvalue weighted by atomic mass is 9.99. The van der Waals surface area contributed by atoms with Gasteiger partial charge in [0, 0.05) is 22.4 Å². The van der Waals surface area contributed by atoms with Gasteiger partial charge in [-0.15, -0.1) is 0 Å². The van der Waals surface area contributed by atoms with Crippen molar-refractivity contribution in [1.29, 1.82) is 0 Å². The number of nitrogens with zero attached hydrogens (tertiary/aromatic N) is 1. The van der Waals surface area contributed by atoms with Crippen LogP contribution in [0.2, 0.25) is 0 Å². The van der Waals surface area contributed by atoms with E-state index in [1.54, 1.807) is 0 Å². The van der Waals surface area contributed by atoms with Gasteiger partial charge in [-0.3, -0.25) is 4.79 Å². The highest BCUT2D eigenvalue weighted by atomic mass is 79.9. The number of alkyl halides is 1. The zero-order valence-electron chi connectivity index (χ0n) is 10.6. The number of amides is 1. The highest BCUT2D eigenvalue weighted by Gasteiger charge is 2.28. The highest BCUT2D eigenvalue weighted by molar-refractivity contribution is 9.10. The van der Waals surface area contributed by atoms with Gasteiger partial charge in [-0.1, -0.05) is 28.9 Å². The fourth-order valence-corrected chi connectivity index (χ4v) is 3.30. The van der Waals surface area contributed by atoms with Crippen LogP contribution in [0.25, 0.3) is 0 Å². The van der Waals surface area contributed by atoms with Gasteiger partial charge in [-0.05, 0) is 52.9 Å². The molecule has 1 fully saturated rings. The molecule has 1 saturated heterocycles. The van der Waals surface area contributed by atoms with Crippen LogP contribution < -0.4 is 0 Å². The number of rotatable bonds is 1. The molecule has 2 nitrogen and oxygen atoms in total. The van der Waals surface area contributed by atoms with E-state index in [0.717, 1.165) is 35.1 Å². The fraction of sp³-hybridized carbons (Fsp3) is 0.500. The van der Waals surface area contributed by atoms with Crippen molar-refractivity contribution in [1.82, 2.24) is 4.90 Å². The summed E-state index contributed by atoms with van der Waals surface area (Å²) in [5.74, 6) is 0.639. The van der Waals surface area contributed by atoms with Crippen molar-refractivity contribution in [3.8, 4) is 0 Å². The topological polar surface area (TPSA) is 20.3 Å². The smallest absolute Gasteiger partial charge is 0.255 e. The molecule has 18 heavy (non-hydrogen) atoms. The zero-order chi connectivity index (χ0) is 13.3. The third kappa shape index (κ3) is 2.97. The first kappa shape index (κ1) is 14.1. The predicted octanol–water partition coefficient (Wildman–Crippen LogP) is 4.00. The molecule has 4 heteroatoms. The van der Waals surface area contributed by atoms with Gasteiger partial charge < -0.3 is 4.90 Å². The molecular formula is C14H17Br2NO. The summed E-state index contributed by atoms with van der Waals surface area (Å²) in [5.41, 5.74) is 1.92. The van der Waals surface area contributed by atoms with Gasteiger partial charge in [0.05, 0.1) is 5.56 Å². The van der Waals surface area contributed by atoms with Crippen LogP contribution in [0.4, 0.5) is 0 Å². The minimum Gasteiger partial charge on any atom is -0.338 e. The van der Waals surface area contributed by atoms with E-state index in [2.05, 4.69) is 38.8 Å². The van der Waals surface area contributed by atoms with E-state index in [9.17, 15) is 4.79 Å². The van der Waals surface area contributed by atoms with Crippen LogP contribution in [-0.2, 0) is 0 Å². The number of carbonyl (C=O) groups is 1. The molecule has 2 rings (SSSR count). The van der Waals surface area contributed by atoms with E-state index < -0.39 is 0 Å². The Kier molecular flexibility index (Phi) is 4.49. The van der Waals surface area contributed by atoms with Crippen LogP contribution in [0.1, 0.15) is 29.3 Å². The standard InChI is InChI=1S/C14H17Br2NO/c1-9-3-4-11(13(16)7-9)14(18)17-6-5-12(15)10(2)8-17/h3-4,7,10,12H,5-6,8H2,1-2H3. The van der Waals surface area contributed by atoms with Crippen molar-refractivity contribution in [2.24, 2.45) is 5.92 Å². The molecule has 0 N–H and O–H groups in total. The highest BCUT2D eigenvalue weighted by Crippen LogP contribution is 2.26. The van der Waals surface area contributed by atoms with Crippen LogP contribution in [0.5, 0.6) is 0 Å². The van der Waals surface area contributed by atoms with Crippen molar-refractivity contribution < 1.29 is 4.79 Å². The second-order valence-electron chi connectivity index (χ2n) is 5.02. The average molecular weight is 375 g/mol. The van der Waals surface area contributed by atoms with Crippen molar-refractivity contribution in [2.45, 2.75) is 25.1 Å². The molecule has 0 aliphatic carbocycles. The Labute approximate surface area is 125 Å². The van der Waals surface area contributed by atoms with Crippen molar-refractivity contribution in [3.63, 3.8) is 0 Å². The van der Waals surface area contributed by atoms with Crippen LogP contribution in [-0.4, -0.2) is 28.7 Å². The summed E-state index contributed by atoms with van der Waals surface area (Å²) >= 11 is 7.15. The van der Waals surface area contributed by atoms with Crippen molar-refractivity contribution in [3.05, 3.63) is 33.8 Å². The second kappa shape index (κ2) is 5.74. The molecule has 0 spiro atoms. The second-order valence-corrected chi connectivity index (χ2v) is 7.05. The average Bonchev–Trinajstić information content (AvgIpc) is 2.32. The summed E-state index contributed by atoms with van der Waals surface area (Å²) in [4.78, 5) is 15.0. The van der Waals surface area contributed by atoms with Gasteiger partial charge in [-0.2, -0.15) is 0 Å². The molecule has 0 saturated carbocycles. The predicted molar refractivity (Wildman–Crippen MR) is 81.3 cm³/mol. The Morgan fingerprint density at radius 1 is 1.44 bits per heavy atom. The molecule has 1 heterocycles. The lowest BCUT2D eigenvalue weighted by molar-refractivity contribution is 0.0689. The minimum absolute atomic E-state index is 0.133. The summed E-state index contributed by atoms with van der Waals surface area (Å²) in [6.45, 7) is 5.87. The molecule has 0 radical (unpaired) electrons. The number of carbonyl (C=O) groups excluding carboxylic acids is 1. The first-order valence-electron chi connectivity index (χ1n) is 6.18. The SMILES string of the molecule is Cc1ccc(C(=O)N2CCC(Br)C(C)C2)c(Br)c1. The zero-order valence-corrected chi connectivity index (χ0v) is 13.8. The van der Waals surface area contributed by atoms with Crippen molar-refractivity contribution >= 4 is 37.8 Å². The lowest BCUT2D eigenvalue weighted by Crippen LogP contribution is -2.43. The van der Waals surface area contributed by atoms with Crippen LogP contribution in [0.3, 0.4) is 0 Å². The van der Waals surface area contributed by atoms with Crippen LogP contribution >= 0.6 is 31.9 Å². The maximum absolute atomic E-state index is 12.5. The first-order valence-corrected chi connectivity index (χ1v) is 7.89. The van der Waals surface area contributed by atoms with E-state index in [1.165, 1.54) is 0 Å². The number of hydrogen-bond acceptors (Lipinski definition) is 1. The van der Waals surface area contributed by atoms with Crippen molar-refractivity contribution in [2.75, 3.05) is 13.1 Å². The Balaban J connectivity index is 2.16. The molecule has 1 aromatic carbocycles. The molecule has 98 valence electrons. The molecule has 1 aromatic rings. The normalized spacial score (nSPS) is 24.1. The van der Waals surface area contributed by atoms with Gasteiger partial charge in [0.25, 0.3) is 5.91 Å². The molecular weight excluding hydrogens is 358 g/mol. The van der Waals surface area contributed by atoms with Crippen LogP contribution in [0, 0.1) is 12.8 Å². The summed E-state index contributed by atoms with van der Waals surface area (Å²) in [5, 5.41) is 0. The van der Waals surface area contributed by atoms with E-state index in [-0.39, 0.29) is 5.91 Å². The minimum atomic E-state index is 0.133. The molecule has 0 aromatic heterocycles.